The Morgan fingerprint density at radius 1 is 0.750 bits per heavy atom. The molecule has 2 aliphatic heterocycles. The monoisotopic (exact) mass is 186 g/mol. The summed E-state index contributed by atoms with van der Waals surface area (Å²) in [5.74, 6) is 0. The van der Waals surface area contributed by atoms with Crippen LogP contribution in [0.1, 0.15) is 32.1 Å². The Morgan fingerprint density at radius 2 is 1.50 bits per heavy atom. The van der Waals surface area contributed by atoms with E-state index in [9.17, 15) is 0 Å². The first-order chi connectivity index (χ1) is 6.00. The van der Waals surface area contributed by atoms with Gasteiger partial charge in [-0.25, -0.2) is 0 Å². The Hall–Kier alpha value is 0.452. The highest BCUT2D eigenvalue weighted by molar-refractivity contribution is 6.27. The topological polar surface area (TPSA) is 18.5 Å². The molecule has 2 fully saturated rings. The van der Waals surface area contributed by atoms with Gasteiger partial charge in [-0.15, -0.1) is 0 Å². The van der Waals surface area contributed by atoms with Gasteiger partial charge in [-0.3, -0.25) is 0 Å². The lowest BCUT2D eigenvalue weighted by Gasteiger charge is -2.08. The highest BCUT2D eigenvalue weighted by Crippen LogP contribution is 2.02. The fourth-order valence-corrected chi connectivity index (χ4v) is 2.54. The summed E-state index contributed by atoms with van der Waals surface area (Å²) in [6.07, 6.45) is 6.68. The van der Waals surface area contributed by atoms with Gasteiger partial charge in [-0.1, -0.05) is 11.7 Å². The Kier molecular flexibility index (Phi) is 7.08. The normalized spacial score (nSPS) is 23.3. The lowest BCUT2D eigenvalue weighted by Crippen LogP contribution is -2.06. The first-order valence-corrected chi connectivity index (χ1v) is 6.73. The summed E-state index contributed by atoms with van der Waals surface area (Å²) in [6.45, 7) is 3.06. The maximum Gasteiger partial charge on any atom is 0.435 e. The lowest BCUT2D eigenvalue weighted by molar-refractivity contribution is 0.0968. The van der Waals surface area contributed by atoms with Crippen LogP contribution in [0.3, 0.4) is 0 Å². The van der Waals surface area contributed by atoms with Crippen molar-refractivity contribution in [3.05, 3.63) is 0 Å². The second kappa shape index (κ2) is 8.07. The summed E-state index contributed by atoms with van der Waals surface area (Å²) in [5, 5.41) is 1.42. The van der Waals surface area contributed by atoms with Gasteiger partial charge in [0, 0.05) is 19.8 Å². The maximum absolute atomic E-state index is 5.21. The maximum atomic E-state index is 5.21. The Balaban J connectivity index is 0.000000120. The minimum atomic E-state index is 0.00849. The van der Waals surface area contributed by atoms with Crippen molar-refractivity contribution in [2.24, 2.45) is 0 Å². The largest absolute Gasteiger partial charge is 0.503 e. The van der Waals surface area contributed by atoms with Gasteiger partial charge in [0.2, 0.25) is 0 Å². The van der Waals surface area contributed by atoms with Crippen LogP contribution in [0, 0.1) is 0 Å². The summed E-state index contributed by atoms with van der Waals surface area (Å²) < 4.78 is 10.3. The zero-order chi connectivity index (χ0) is 8.49. The molecule has 0 bridgehead atoms. The van der Waals surface area contributed by atoms with E-state index in [1.54, 1.807) is 0 Å². The van der Waals surface area contributed by atoms with Crippen molar-refractivity contribution in [1.29, 1.82) is 0 Å². The van der Waals surface area contributed by atoms with E-state index in [4.69, 9.17) is 8.53 Å². The molecule has 2 heterocycles. The van der Waals surface area contributed by atoms with E-state index in [1.165, 1.54) is 37.4 Å². The summed E-state index contributed by atoms with van der Waals surface area (Å²) in [7, 11) is 0. The summed E-state index contributed by atoms with van der Waals surface area (Å²) >= 11 is 0.00849. The molecular weight excluding hydrogens is 167 g/mol. The van der Waals surface area contributed by atoms with E-state index >= 15 is 0 Å². The molecule has 0 aromatic rings. The predicted molar refractivity (Wildman–Crippen MR) is 51.8 cm³/mol. The SMILES string of the molecule is C1CCOCC1.C1C[CH2][AlH][O]C1. The molecule has 0 saturated carbocycles. The van der Waals surface area contributed by atoms with Crippen molar-refractivity contribution in [2.45, 2.75) is 37.4 Å². The first kappa shape index (κ1) is 10.5. The fourth-order valence-electron chi connectivity index (χ4n) is 1.37. The standard InChI is InChI=1S/C5H10O.C4H8O.Al.H/c1-2-4-6-5-3-1;1-2-3-4-5;;/h1-5H2;1-4H2;;/q;-1;+1;. The average Bonchev–Trinajstić information content (AvgIpc) is 2.24. The van der Waals surface area contributed by atoms with Crippen LogP contribution in [0.2, 0.25) is 5.28 Å². The molecule has 70 valence electrons. The number of hydrogen-bond acceptors (Lipinski definition) is 2. The molecule has 3 heteroatoms. The van der Waals surface area contributed by atoms with Crippen molar-refractivity contribution in [2.75, 3.05) is 19.8 Å². The molecule has 0 radical (unpaired) electrons. The molecular formula is C9H19AlO2. The van der Waals surface area contributed by atoms with Crippen LogP contribution in [0.4, 0.5) is 0 Å². The smallest absolute Gasteiger partial charge is 0.435 e. The highest BCUT2D eigenvalue weighted by Gasteiger charge is 2.00. The molecule has 2 saturated heterocycles. The number of ether oxygens (including phenoxy) is 1. The summed E-state index contributed by atoms with van der Waals surface area (Å²) in [4.78, 5) is 0. The quantitative estimate of drug-likeness (QED) is 0.537. The van der Waals surface area contributed by atoms with Gasteiger partial charge < -0.3 is 8.53 Å². The van der Waals surface area contributed by atoms with E-state index in [2.05, 4.69) is 0 Å². The molecule has 2 aliphatic rings. The van der Waals surface area contributed by atoms with Crippen molar-refractivity contribution in [1.82, 2.24) is 0 Å². The van der Waals surface area contributed by atoms with Gasteiger partial charge in [0.15, 0.2) is 0 Å². The Morgan fingerprint density at radius 3 is 1.67 bits per heavy atom. The molecule has 0 atom stereocenters. The Labute approximate surface area is 81.7 Å². The van der Waals surface area contributed by atoms with Gasteiger partial charge >= 0.3 is 15.6 Å². The van der Waals surface area contributed by atoms with E-state index in [-0.39, 0.29) is 15.6 Å². The Bertz CT molecular complexity index is 55.5. The highest BCUT2D eigenvalue weighted by atomic mass is 27.1. The molecule has 0 spiro atoms. The van der Waals surface area contributed by atoms with Crippen molar-refractivity contribution < 1.29 is 8.53 Å². The van der Waals surface area contributed by atoms with Crippen LogP contribution >= 0.6 is 0 Å². The second-order valence-electron chi connectivity index (χ2n) is 3.35. The van der Waals surface area contributed by atoms with E-state index in [1.807, 2.05) is 0 Å². The minimum absolute atomic E-state index is 0.00849. The molecule has 0 unspecified atom stereocenters. The molecule has 0 aliphatic carbocycles. The molecule has 0 N–H and O–H groups in total. The molecule has 0 amide bonds. The van der Waals surface area contributed by atoms with Gasteiger partial charge in [0.1, 0.15) is 0 Å². The van der Waals surface area contributed by atoms with Crippen molar-refractivity contribution >= 4 is 15.6 Å². The summed E-state index contributed by atoms with van der Waals surface area (Å²) in [5.41, 5.74) is 0. The molecule has 12 heavy (non-hydrogen) atoms. The third-order valence-electron chi connectivity index (χ3n) is 2.15. The third-order valence-corrected chi connectivity index (χ3v) is 3.52. The van der Waals surface area contributed by atoms with Crippen LogP contribution in [-0.4, -0.2) is 35.4 Å². The summed E-state index contributed by atoms with van der Waals surface area (Å²) in [6, 6.07) is 0. The van der Waals surface area contributed by atoms with Crippen LogP contribution < -0.4 is 0 Å². The van der Waals surface area contributed by atoms with Crippen LogP contribution in [0.15, 0.2) is 0 Å². The van der Waals surface area contributed by atoms with E-state index in [0.29, 0.717) is 0 Å². The zero-order valence-electron chi connectivity index (χ0n) is 7.89. The van der Waals surface area contributed by atoms with Crippen molar-refractivity contribution in [3.8, 4) is 0 Å². The fraction of sp³-hybridized carbons (Fsp3) is 1.00. The zero-order valence-corrected chi connectivity index (χ0v) is 9.30. The van der Waals surface area contributed by atoms with E-state index < -0.39 is 0 Å². The first-order valence-electron chi connectivity index (χ1n) is 5.15. The molecule has 2 rings (SSSR count). The molecule has 0 aromatic heterocycles. The minimum Gasteiger partial charge on any atom is -0.503 e. The van der Waals surface area contributed by atoms with Crippen LogP contribution in [-0.2, 0) is 8.53 Å². The van der Waals surface area contributed by atoms with Crippen molar-refractivity contribution in [3.63, 3.8) is 0 Å². The van der Waals surface area contributed by atoms with Gasteiger partial charge in [0.25, 0.3) is 0 Å². The van der Waals surface area contributed by atoms with Gasteiger partial charge in [-0.05, 0) is 25.7 Å². The second-order valence-corrected chi connectivity index (χ2v) is 4.87. The van der Waals surface area contributed by atoms with Gasteiger partial charge in [0.05, 0.1) is 0 Å². The number of rotatable bonds is 0. The third kappa shape index (κ3) is 6.02. The molecule has 2 nitrogen and oxygen atoms in total. The average molecular weight is 186 g/mol. The van der Waals surface area contributed by atoms with Gasteiger partial charge in [-0.2, -0.15) is 0 Å². The van der Waals surface area contributed by atoms with E-state index in [0.717, 1.165) is 19.8 Å². The predicted octanol–water partition coefficient (Wildman–Crippen LogP) is 1.75. The number of hydrogen-bond donors (Lipinski definition) is 0. The molecule has 0 aromatic carbocycles. The van der Waals surface area contributed by atoms with Crippen LogP contribution in [0.5, 0.6) is 0 Å². The lowest BCUT2D eigenvalue weighted by atomic mass is 10.2. The van der Waals surface area contributed by atoms with Crippen LogP contribution in [0.25, 0.3) is 0 Å².